The van der Waals surface area contributed by atoms with Gasteiger partial charge in [0.2, 0.25) is 0 Å². The summed E-state index contributed by atoms with van der Waals surface area (Å²) < 4.78 is 0. The second-order valence-corrected chi connectivity index (χ2v) is 7.48. The molecule has 0 aliphatic rings. The van der Waals surface area contributed by atoms with E-state index < -0.39 is 0 Å². The summed E-state index contributed by atoms with van der Waals surface area (Å²) in [6.45, 7) is 2.06. The molecular weight excluding hydrogens is 368 g/mol. The summed E-state index contributed by atoms with van der Waals surface area (Å²) in [5.74, 6) is 2.12. The molecule has 30 heavy (non-hydrogen) atoms. The molecule has 4 aromatic carbocycles. The van der Waals surface area contributed by atoms with Crippen LogP contribution >= 0.6 is 0 Å². The Morgan fingerprint density at radius 3 is 1.53 bits per heavy atom. The van der Waals surface area contributed by atoms with Gasteiger partial charge in [0.1, 0.15) is 5.82 Å². The molecule has 4 heteroatoms. The maximum absolute atomic E-state index is 4.85. The number of benzene rings is 4. The Kier molecular flexibility index (Phi) is 4.69. The van der Waals surface area contributed by atoms with Gasteiger partial charge in [0.05, 0.1) is 6.04 Å². The molecule has 0 aliphatic heterocycles. The molecule has 1 unspecified atom stereocenters. The monoisotopic (exact) mass is 390 g/mol. The van der Waals surface area contributed by atoms with Crippen molar-refractivity contribution in [3.63, 3.8) is 0 Å². The average Bonchev–Trinajstić information content (AvgIpc) is 2.82. The first kappa shape index (κ1) is 18.4. The average molecular weight is 390 g/mol. The van der Waals surface area contributed by atoms with Crippen molar-refractivity contribution in [1.82, 2.24) is 20.3 Å². The van der Waals surface area contributed by atoms with Gasteiger partial charge in [-0.3, -0.25) is 0 Å². The molecule has 0 fully saturated rings. The smallest absolute Gasteiger partial charge is 0.163 e. The van der Waals surface area contributed by atoms with Gasteiger partial charge in [-0.25, -0.2) is 15.0 Å². The van der Waals surface area contributed by atoms with Crippen molar-refractivity contribution >= 4 is 21.5 Å². The molecule has 5 rings (SSSR count). The van der Waals surface area contributed by atoms with Crippen molar-refractivity contribution in [2.75, 3.05) is 7.05 Å². The first-order valence-corrected chi connectivity index (χ1v) is 10.1. The minimum absolute atomic E-state index is 0.0198. The van der Waals surface area contributed by atoms with E-state index in [1.807, 2.05) is 7.05 Å². The summed E-state index contributed by atoms with van der Waals surface area (Å²) >= 11 is 0. The van der Waals surface area contributed by atoms with Gasteiger partial charge in [0, 0.05) is 11.1 Å². The Balaban J connectivity index is 1.68. The number of nitrogens with zero attached hydrogens (tertiary/aromatic N) is 3. The van der Waals surface area contributed by atoms with Gasteiger partial charge in [0.25, 0.3) is 0 Å². The lowest BCUT2D eigenvalue weighted by molar-refractivity contribution is 0.608. The fraction of sp³-hybridized carbons (Fsp3) is 0.115. The molecule has 0 saturated heterocycles. The van der Waals surface area contributed by atoms with Gasteiger partial charge in [-0.15, -0.1) is 0 Å². The first-order valence-electron chi connectivity index (χ1n) is 10.1. The Morgan fingerprint density at radius 1 is 0.600 bits per heavy atom. The molecule has 0 spiro atoms. The van der Waals surface area contributed by atoms with Gasteiger partial charge in [0.15, 0.2) is 11.6 Å². The van der Waals surface area contributed by atoms with Gasteiger partial charge in [-0.2, -0.15) is 0 Å². The molecule has 0 bridgehead atoms. The summed E-state index contributed by atoms with van der Waals surface area (Å²) in [5.41, 5.74) is 1.98. The number of fused-ring (bicyclic) bond motifs is 2. The molecule has 1 atom stereocenters. The van der Waals surface area contributed by atoms with Crippen LogP contribution in [0.15, 0.2) is 84.9 Å². The summed E-state index contributed by atoms with van der Waals surface area (Å²) in [4.78, 5) is 14.4. The zero-order valence-corrected chi connectivity index (χ0v) is 17.0. The van der Waals surface area contributed by atoms with E-state index in [9.17, 15) is 0 Å². The van der Waals surface area contributed by atoms with Crippen LogP contribution in [0.25, 0.3) is 44.3 Å². The molecule has 4 nitrogen and oxygen atoms in total. The topological polar surface area (TPSA) is 50.7 Å². The molecule has 0 amide bonds. The maximum atomic E-state index is 4.85. The van der Waals surface area contributed by atoms with Crippen LogP contribution in [0.3, 0.4) is 0 Å². The second-order valence-electron chi connectivity index (χ2n) is 7.48. The predicted octanol–water partition coefficient (Wildman–Crippen LogP) is 5.79. The molecule has 0 radical (unpaired) electrons. The fourth-order valence-electron chi connectivity index (χ4n) is 3.63. The molecule has 146 valence electrons. The van der Waals surface area contributed by atoms with Gasteiger partial charge in [-0.05, 0) is 47.6 Å². The van der Waals surface area contributed by atoms with Crippen molar-refractivity contribution < 1.29 is 0 Å². The minimum atomic E-state index is 0.0198. The van der Waals surface area contributed by atoms with E-state index in [1.165, 1.54) is 21.5 Å². The molecule has 5 aromatic rings. The van der Waals surface area contributed by atoms with Crippen LogP contribution in [0.4, 0.5) is 0 Å². The fourth-order valence-corrected chi connectivity index (χ4v) is 3.63. The predicted molar refractivity (Wildman–Crippen MR) is 123 cm³/mol. The van der Waals surface area contributed by atoms with E-state index >= 15 is 0 Å². The van der Waals surface area contributed by atoms with E-state index in [1.54, 1.807) is 0 Å². The Labute approximate surface area is 175 Å². The molecule has 1 N–H and O–H groups in total. The third-order valence-electron chi connectivity index (χ3n) is 5.49. The lowest BCUT2D eigenvalue weighted by atomic mass is 10.1. The van der Waals surface area contributed by atoms with Gasteiger partial charge < -0.3 is 5.32 Å². The molecule has 1 aromatic heterocycles. The van der Waals surface area contributed by atoms with Gasteiger partial charge >= 0.3 is 0 Å². The highest BCUT2D eigenvalue weighted by Gasteiger charge is 2.14. The van der Waals surface area contributed by atoms with E-state index in [0.29, 0.717) is 11.6 Å². The zero-order chi connectivity index (χ0) is 20.5. The highest BCUT2D eigenvalue weighted by molar-refractivity contribution is 5.87. The highest BCUT2D eigenvalue weighted by atomic mass is 15.1. The van der Waals surface area contributed by atoms with Crippen molar-refractivity contribution in [1.29, 1.82) is 0 Å². The quantitative estimate of drug-likeness (QED) is 0.422. The van der Waals surface area contributed by atoms with Crippen LogP contribution < -0.4 is 5.32 Å². The van der Waals surface area contributed by atoms with Crippen molar-refractivity contribution in [2.24, 2.45) is 0 Å². The largest absolute Gasteiger partial charge is 0.311 e. The Bertz CT molecular complexity index is 1260. The number of nitrogens with one attached hydrogen (secondary N) is 1. The second kappa shape index (κ2) is 7.65. The number of aromatic nitrogens is 3. The molecule has 0 aliphatic carbocycles. The van der Waals surface area contributed by atoms with Crippen molar-refractivity contribution in [3.8, 4) is 22.8 Å². The van der Waals surface area contributed by atoms with Crippen LogP contribution in [0.5, 0.6) is 0 Å². The Hall–Kier alpha value is -3.63. The van der Waals surface area contributed by atoms with Crippen molar-refractivity contribution in [2.45, 2.75) is 13.0 Å². The molecule has 0 saturated carbocycles. The minimum Gasteiger partial charge on any atom is -0.311 e. The van der Waals surface area contributed by atoms with E-state index in [-0.39, 0.29) is 6.04 Å². The SMILES string of the molecule is CNC(C)c1nc(-c2ccc3ccccc3c2)nc(-c2ccc3ccccc3c2)n1. The van der Waals surface area contributed by atoms with Crippen molar-refractivity contribution in [3.05, 3.63) is 90.8 Å². The maximum Gasteiger partial charge on any atom is 0.163 e. The van der Waals surface area contributed by atoms with E-state index in [0.717, 1.165) is 17.0 Å². The van der Waals surface area contributed by atoms with Crippen LogP contribution in [-0.4, -0.2) is 22.0 Å². The third kappa shape index (κ3) is 3.42. The number of hydrogen-bond donors (Lipinski definition) is 1. The van der Waals surface area contributed by atoms with Crippen LogP contribution in [0.1, 0.15) is 18.8 Å². The summed E-state index contributed by atoms with van der Waals surface area (Å²) in [6.07, 6.45) is 0. The number of rotatable bonds is 4. The normalized spacial score (nSPS) is 12.3. The van der Waals surface area contributed by atoms with E-state index in [4.69, 9.17) is 15.0 Å². The summed E-state index contributed by atoms with van der Waals surface area (Å²) in [7, 11) is 1.92. The number of hydrogen-bond acceptors (Lipinski definition) is 4. The van der Waals surface area contributed by atoms with Gasteiger partial charge in [-0.1, -0.05) is 72.8 Å². The first-order chi connectivity index (χ1) is 14.7. The third-order valence-corrected chi connectivity index (χ3v) is 5.49. The standard InChI is InChI=1S/C26H22N4/c1-17(27-2)24-28-25(22-13-11-18-7-3-5-9-20(18)15-22)30-26(29-24)23-14-12-19-8-4-6-10-21(19)16-23/h3-17,27H,1-2H3. The van der Waals surface area contributed by atoms with Crippen LogP contribution in [0.2, 0.25) is 0 Å². The summed E-state index contributed by atoms with van der Waals surface area (Å²) in [5, 5.41) is 7.99. The molecular formula is C26H22N4. The lowest BCUT2D eigenvalue weighted by Crippen LogP contribution is -2.17. The molecule has 1 heterocycles. The van der Waals surface area contributed by atoms with Crippen LogP contribution in [-0.2, 0) is 0 Å². The van der Waals surface area contributed by atoms with E-state index in [2.05, 4.69) is 97.2 Å². The van der Waals surface area contributed by atoms with Crippen LogP contribution in [0, 0.1) is 0 Å². The highest BCUT2D eigenvalue weighted by Crippen LogP contribution is 2.27. The summed E-state index contributed by atoms with van der Waals surface area (Å²) in [6, 6.07) is 29.3. The Morgan fingerprint density at radius 2 is 1.07 bits per heavy atom. The lowest BCUT2D eigenvalue weighted by Gasteiger charge is -2.13. The zero-order valence-electron chi connectivity index (χ0n) is 17.0.